The highest BCUT2D eigenvalue weighted by atomic mass is 19.1. The SMILES string of the molecule is C=C(CCC)[C@@H]1CN(Cc2cnc(Oc3ccc(C)cc3F)cn2)CCO1. The van der Waals surface area contributed by atoms with E-state index in [9.17, 15) is 4.39 Å². The smallest absolute Gasteiger partial charge is 0.237 e. The minimum atomic E-state index is -0.410. The molecule has 5 nitrogen and oxygen atoms in total. The van der Waals surface area contributed by atoms with E-state index in [1.807, 2.05) is 6.92 Å². The van der Waals surface area contributed by atoms with Crippen molar-refractivity contribution in [1.29, 1.82) is 0 Å². The van der Waals surface area contributed by atoms with Crippen LogP contribution in [0.2, 0.25) is 0 Å². The van der Waals surface area contributed by atoms with E-state index >= 15 is 0 Å². The molecule has 0 spiro atoms. The number of aryl methyl sites for hydroxylation is 1. The summed E-state index contributed by atoms with van der Waals surface area (Å²) in [5.41, 5.74) is 2.83. The van der Waals surface area contributed by atoms with Crippen LogP contribution in [0, 0.1) is 12.7 Å². The van der Waals surface area contributed by atoms with Crippen LogP contribution in [0.3, 0.4) is 0 Å². The number of halogens is 1. The summed E-state index contributed by atoms with van der Waals surface area (Å²) in [7, 11) is 0. The molecule has 3 rings (SSSR count). The van der Waals surface area contributed by atoms with Crippen LogP contribution in [0.25, 0.3) is 0 Å². The summed E-state index contributed by atoms with van der Waals surface area (Å²) in [5.74, 6) is 0.0123. The molecule has 0 amide bonds. The van der Waals surface area contributed by atoms with Gasteiger partial charge in [-0.25, -0.2) is 9.37 Å². The average molecular weight is 371 g/mol. The molecule has 1 aromatic heterocycles. The minimum Gasteiger partial charge on any atom is -0.434 e. The minimum absolute atomic E-state index is 0.0822. The molecule has 0 radical (unpaired) electrons. The maximum Gasteiger partial charge on any atom is 0.237 e. The molecule has 0 saturated carbocycles. The van der Waals surface area contributed by atoms with Gasteiger partial charge in [-0.2, -0.15) is 0 Å². The fraction of sp³-hybridized carbons (Fsp3) is 0.429. The molecule has 1 aliphatic heterocycles. The molecule has 0 unspecified atom stereocenters. The quantitative estimate of drug-likeness (QED) is 0.680. The summed E-state index contributed by atoms with van der Waals surface area (Å²) in [6.45, 7) is 11.2. The van der Waals surface area contributed by atoms with Crippen LogP contribution in [-0.2, 0) is 11.3 Å². The van der Waals surface area contributed by atoms with Crippen LogP contribution in [-0.4, -0.2) is 40.7 Å². The predicted octanol–water partition coefficient (Wildman–Crippen LogP) is 4.27. The first-order chi connectivity index (χ1) is 13.0. The van der Waals surface area contributed by atoms with Gasteiger partial charge in [-0.1, -0.05) is 26.0 Å². The Bertz CT molecular complexity index is 779. The van der Waals surface area contributed by atoms with Crippen LogP contribution < -0.4 is 4.74 Å². The Kier molecular flexibility index (Phi) is 6.53. The van der Waals surface area contributed by atoms with Gasteiger partial charge in [-0.05, 0) is 36.6 Å². The number of benzene rings is 1. The molecule has 144 valence electrons. The van der Waals surface area contributed by atoms with Crippen molar-refractivity contribution >= 4 is 0 Å². The van der Waals surface area contributed by atoms with Gasteiger partial charge in [0.1, 0.15) is 0 Å². The van der Waals surface area contributed by atoms with Gasteiger partial charge in [-0.3, -0.25) is 9.88 Å². The average Bonchev–Trinajstić information content (AvgIpc) is 2.66. The summed E-state index contributed by atoms with van der Waals surface area (Å²) in [6.07, 6.45) is 5.35. The van der Waals surface area contributed by atoms with Crippen LogP contribution in [0.15, 0.2) is 42.7 Å². The van der Waals surface area contributed by atoms with Gasteiger partial charge < -0.3 is 9.47 Å². The van der Waals surface area contributed by atoms with Gasteiger partial charge in [0, 0.05) is 19.6 Å². The summed E-state index contributed by atoms with van der Waals surface area (Å²) < 4.78 is 25.2. The molecular weight excluding hydrogens is 345 g/mol. The summed E-state index contributed by atoms with van der Waals surface area (Å²) in [5, 5.41) is 0. The molecule has 6 heteroatoms. The van der Waals surface area contributed by atoms with E-state index in [2.05, 4.69) is 28.4 Å². The van der Waals surface area contributed by atoms with Crippen molar-refractivity contribution in [3.63, 3.8) is 0 Å². The van der Waals surface area contributed by atoms with E-state index in [4.69, 9.17) is 9.47 Å². The van der Waals surface area contributed by atoms with Crippen molar-refractivity contribution in [3.8, 4) is 11.6 Å². The Morgan fingerprint density at radius 1 is 1.37 bits per heavy atom. The van der Waals surface area contributed by atoms with Crippen LogP contribution >= 0.6 is 0 Å². The first-order valence-electron chi connectivity index (χ1n) is 9.31. The standard InChI is InChI=1S/C21H26FN3O2/c1-4-5-16(3)20-14-25(8-9-26-20)13-17-11-24-21(12-23-17)27-19-7-6-15(2)10-18(19)22/h6-7,10-12,20H,3-5,8-9,13-14H2,1-2H3/t20-/m0/s1. The van der Waals surface area contributed by atoms with Crippen LogP contribution in [0.4, 0.5) is 4.39 Å². The number of rotatable bonds is 7. The van der Waals surface area contributed by atoms with Crippen molar-refractivity contribution in [2.45, 2.75) is 39.3 Å². The number of ether oxygens (including phenoxy) is 2. The van der Waals surface area contributed by atoms with E-state index in [0.717, 1.165) is 42.8 Å². The first kappa shape index (κ1) is 19.5. The highest BCUT2D eigenvalue weighted by Gasteiger charge is 2.22. The van der Waals surface area contributed by atoms with Crippen LogP contribution in [0.1, 0.15) is 31.0 Å². The summed E-state index contributed by atoms with van der Waals surface area (Å²) in [4.78, 5) is 11.0. The highest BCUT2D eigenvalue weighted by Crippen LogP contribution is 2.23. The zero-order valence-electron chi connectivity index (χ0n) is 15.9. The van der Waals surface area contributed by atoms with Gasteiger partial charge in [0.2, 0.25) is 5.88 Å². The lowest BCUT2D eigenvalue weighted by Crippen LogP contribution is -2.42. The van der Waals surface area contributed by atoms with E-state index in [0.29, 0.717) is 13.2 Å². The zero-order chi connectivity index (χ0) is 19.2. The lowest BCUT2D eigenvalue weighted by Gasteiger charge is -2.33. The second-order valence-electron chi connectivity index (χ2n) is 6.88. The molecule has 0 aliphatic carbocycles. The largest absolute Gasteiger partial charge is 0.434 e. The normalized spacial score (nSPS) is 17.7. The monoisotopic (exact) mass is 371 g/mol. The van der Waals surface area contributed by atoms with Crippen molar-refractivity contribution in [3.05, 3.63) is 59.8 Å². The lowest BCUT2D eigenvalue weighted by atomic mass is 10.1. The fourth-order valence-corrected chi connectivity index (χ4v) is 3.08. The molecule has 1 fully saturated rings. The summed E-state index contributed by atoms with van der Waals surface area (Å²) >= 11 is 0. The number of hydrogen-bond acceptors (Lipinski definition) is 5. The Labute approximate surface area is 159 Å². The Hall–Kier alpha value is -2.31. The van der Waals surface area contributed by atoms with E-state index < -0.39 is 5.82 Å². The second-order valence-corrected chi connectivity index (χ2v) is 6.88. The van der Waals surface area contributed by atoms with Gasteiger partial charge >= 0.3 is 0 Å². The fourth-order valence-electron chi connectivity index (χ4n) is 3.08. The third kappa shape index (κ3) is 5.34. The first-order valence-corrected chi connectivity index (χ1v) is 9.31. The highest BCUT2D eigenvalue weighted by molar-refractivity contribution is 5.31. The molecule has 1 atom stereocenters. The number of hydrogen-bond donors (Lipinski definition) is 0. The Morgan fingerprint density at radius 2 is 2.22 bits per heavy atom. The van der Waals surface area contributed by atoms with E-state index in [1.54, 1.807) is 18.3 Å². The maximum atomic E-state index is 13.9. The number of morpholine rings is 1. The van der Waals surface area contributed by atoms with Gasteiger partial charge in [-0.15, -0.1) is 0 Å². The molecule has 27 heavy (non-hydrogen) atoms. The maximum absolute atomic E-state index is 13.9. The van der Waals surface area contributed by atoms with Crippen molar-refractivity contribution in [2.75, 3.05) is 19.7 Å². The molecule has 0 N–H and O–H groups in total. The third-order valence-electron chi connectivity index (χ3n) is 4.55. The molecule has 1 aromatic carbocycles. The predicted molar refractivity (Wildman–Crippen MR) is 102 cm³/mol. The number of nitrogens with zero attached hydrogens (tertiary/aromatic N) is 3. The third-order valence-corrected chi connectivity index (χ3v) is 4.55. The molecule has 2 aromatic rings. The Morgan fingerprint density at radius 3 is 2.93 bits per heavy atom. The zero-order valence-corrected chi connectivity index (χ0v) is 15.9. The summed E-state index contributed by atoms with van der Waals surface area (Å²) in [6, 6.07) is 4.82. The van der Waals surface area contributed by atoms with Crippen molar-refractivity contribution in [2.24, 2.45) is 0 Å². The molecule has 1 saturated heterocycles. The second kappa shape index (κ2) is 9.06. The molecule has 1 aliphatic rings. The lowest BCUT2D eigenvalue weighted by molar-refractivity contribution is -0.0139. The van der Waals surface area contributed by atoms with E-state index in [1.165, 1.54) is 12.3 Å². The van der Waals surface area contributed by atoms with Gasteiger partial charge in [0.05, 0.1) is 30.8 Å². The van der Waals surface area contributed by atoms with Crippen molar-refractivity contribution < 1.29 is 13.9 Å². The van der Waals surface area contributed by atoms with Gasteiger partial charge in [0.15, 0.2) is 11.6 Å². The molecular formula is C21H26FN3O2. The van der Waals surface area contributed by atoms with Crippen molar-refractivity contribution in [1.82, 2.24) is 14.9 Å². The topological polar surface area (TPSA) is 47.5 Å². The Balaban J connectivity index is 1.58. The molecule has 2 heterocycles. The van der Waals surface area contributed by atoms with Gasteiger partial charge in [0.25, 0.3) is 0 Å². The van der Waals surface area contributed by atoms with Crippen LogP contribution in [0.5, 0.6) is 11.6 Å². The number of aromatic nitrogens is 2. The molecule has 0 bridgehead atoms. The van der Waals surface area contributed by atoms with E-state index in [-0.39, 0.29) is 17.7 Å².